The SMILES string of the molecule is C1CCC([SiH]C2CCCCC2)CC1.CC(C)c1cc(C(C)(C)C)c[cH-]1.CC(C)c1cc(C(C)(C)C)c[cH-]1.[Cl-].[Cl-].[Hf+4]. The van der Waals surface area contributed by atoms with Crippen molar-refractivity contribution in [2.45, 2.75) is 167 Å². The molecule has 1 radical (unpaired) electrons. The minimum atomic E-state index is 0. The maximum atomic E-state index is 2.32. The maximum absolute atomic E-state index is 2.32. The van der Waals surface area contributed by atoms with Crippen molar-refractivity contribution in [1.82, 2.24) is 0 Å². The van der Waals surface area contributed by atoms with Gasteiger partial charge in [-0.25, -0.2) is 12.1 Å². The molecule has 4 heteroatoms. The summed E-state index contributed by atoms with van der Waals surface area (Å²) in [6, 6.07) is 13.6. The first kappa shape index (κ1) is 42.5. The van der Waals surface area contributed by atoms with Gasteiger partial charge in [0.2, 0.25) is 0 Å². The van der Waals surface area contributed by atoms with Crippen molar-refractivity contribution >= 4 is 9.52 Å². The summed E-state index contributed by atoms with van der Waals surface area (Å²) in [6.07, 6.45) is 15.6. The Morgan fingerprint density at radius 1 is 0.600 bits per heavy atom. The van der Waals surface area contributed by atoms with E-state index in [2.05, 4.69) is 106 Å². The number of hydrogen-bond acceptors (Lipinski definition) is 0. The summed E-state index contributed by atoms with van der Waals surface area (Å²) in [4.78, 5) is 0. The van der Waals surface area contributed by atoms with E-state index in [-0.39, 0.29) is 50.7 Å². The third-order valence-corrected chi connectivity index (χ3v) is 10.9. The molecule has 227 valence electrons. The number of hydrogen-bond donors (Lipinski definition) is 0. The molecule has 0 spiro atoms. The second-order valence-electron chi connectivity index (χ2n) is 14.7. The number of rotatable bonds is 4. The molecule has 0 nitrogen and oxygen atoms in total. The molecule has 0 aromatic heterocycles. The molecule has 4 rings (SSSR count). The predicted octanol–water partition coefficient (Wildman–Crippen LogP) is 5.59. The zero-order chi connectivity index (χ0) is 27.6. The molecule has 2 aromatic carbocycles. The molecule has 0 heterocycles. The van der Waals surface area contributed by atoms with Crippen LogP contribution in [0.5, 0.6) is 0 Å². The van der Waals surface area contributed by atoms with Gasteiger partial charge >= 0.3 is 25.8 Å². The molecular weight excluding hydrogens is 710 g/mol. The average Bonchev–Trinajstić information content (AvgIpc) is 3.52. The minimum absolute atomic E-state index is 0. The van der Waals surface area contributed by atoms with Gasteiger partial charge in [-0.05, 0) is 22.9 Å². The molecule has 2 aromatic rings. The summed E-state index contributed by atoms with van der Waals surface area (Å²) in [5, 5.41) is 0. The summed E-state index contributed by atoms with van der Waals surface area (Å²) in [5.74, 6) is 1.31. The Hall–Kier alpha value is 0.367. The van der Waals surface area contributed by atoms with Gasteiger partial charge in [-0.3, -0.25) is 0 Å². The third kappa shape index (κ3) is 15.7. The van der Waals surface area contributed by atoms with Gasteiger partial charge < -0.3 is 24.8 Å². The summed E-state index contributed by atoms with van der Waals surface area (Å²) in [6.45, 7) is 22.5. The van der Waals surface area contributed by atoms with E-state index < -0.39 is 0 Å². The van der Waals surface area contributed by atoms with Crippen LogP contribution in [0.4, 0.5) is 0 Å². The summed E-state index contributed by atoms with van der Waals surface area (Å²) in [7, 11) is 0.825. The zero-order valence-electron chi connectivity index (χ0n) is 27.7. The van der Waals surface area contributed by atoms with E-state index in [1.165, 1.54) is 46.2 Å². The van der Waals surface area contributed by atoms with Gasteiger partial charge in [0.1, 0.15) is 0 Å². The molecule has 0 aliphatic heterocycles. The Morgan fingerprint density at radius 2 is 0.900 bits per heavy atom. The van der Waals surface area contributed by atoms with Crippen molar-refractivity contribution in [3.63, 3.8) is 0 Å². The van der Waals surface area contributed by atoms with Gasteiger partial charge in [-0.2, -0.15) is 46.5 Å². The van der Waals surface area contributed by atoms with Crippen LogP contribution in [-0.2, 0) is 36.7 Å². The van der Waals surface area contributed by atoms with E-state index in [9.17, 15) is 0 Å². The molecule has 0 saturated heterocycles. The summed E-state index contributed by atoms with van der Waals surface area (Å²) in [5.41, 5.74) is 8.83. The predicted molar refractivity (Wildman–Crippen MR) is 170 cm³/mol. The van der Waals surface area contributed by atoms with E-state index in [1.54, 1.807) is 51.4 Å². The normalized spacial score (nSPS) is 16.5. The second-order valence-corrected chi connectivity index (χ2v) is 16.9. The van der Waals surface area contributed by atoms with Crippen LogP contribution in [0, 0.1) is 0 Å². The van der Waals surface area contributed by atoms with Crippen molar-refractivity contribution in [2.24, 2.45) is 0 Å². The zero-order valence-corrected chi connectivity index (χ0v) is 33.9. The van der Waals surface area contributed by atoms with Crippen LogP contribution in [-0.4, -0.2) is 9.52 Å². The average molecular weight is 771 g/mol. The molecule has 2 saturated carbocycles. The Labute approximate surface area is 284 Å². The van der Waals surface area contributed by atoms with Gasteiger partial charge in [0.25, 0.3) is 0 Å². The quantitative estimate of drug-likeness (QED) is 0.282. The van der Waals surface area contributed by atoms with Gasteiger partial charge in [0.15, 0.2) is 0 Å². The first-order valence-electron chi connectivity index (χ1n) is 15.7. The molecular formula is C36H61Cl2HfSi. The minimum Gasteiger partial charge on any atom is -1.00 e. The van der Waals surface area contributed by atoms with Gasteiger partial charge in [-0.15, -0.1) is 0 Å². The Kier molecular flexibility index (Phi) is 21.6. The number of halogens is 2. The van der Waals surface area contributed by atoms with Crippen LogP contribution in [0.3, 0.4) is 0 Å². The fourth-order valence-electron chi connectivity index (χ4n) is 5.61. The van der Waals surface area contributed by atoms with Crippen LogP contribution < -0.4 is 24.8 Å². The fraction of sp³-hybridized carbons (Fsp3) is 0.722. The van der Waals surface area contributed by atoms with Gasteiger partial charge in [0, 0.05) is 9.52 Å². The van der Waals surface area contributed by atoms with E-state index in [0.29, 0.717) is 22.7 Å². The Bertz CT molecular complexity index is 797. The summed E-state index contributed by atoms with van der Waals surface area (Å²) >= 11 is 0. The standard InChI is InChI=1S/C12H23Si.2C12H19.2ClH.Hf/c1-3-7-11(8-4-1)13-12-9-5-2-6-10-12;2*1-9(2)10-6-7-11(8-10)12(3,4)5;;;/h11-13H,1-10H2;2*6-9H,1-5H3;2*1H;/q;2*-1;;;+4/p-2. The monoisotopic (exact) mass is 771 g/mol. The molecule has 0 atom stereocenters. The van der Waals surface area contributed by atoms with Crippen LogP contribution in [0.25, 0.3) is 0 Å². The van der Waals surface area contributed by atoms with Gasteiger partial charge in [0.05, 0.1) is 0 Å². The topological polar surface area (TPSA) is 0 Å². The van der Waals surface area contributed by atoms with Crippen molar-refractivity contribution in [2.75, 3.05) is 0 Å². The molecule has 0 bridgehead atoms. The van der Waals surface area contributed by atoms with Crippen LogP contribution in [0.15, 0.2) is 36.4 Å². The first-order valence-corrected chi connectivity index (χ1v) is 17.0. The van der Waals surface area contributed by atoms with Gasteiger partial charge in [-0.1, -0.05) is 144 Å². The van der Waals surface area contributed by atoms with Crippen LogP contribution in [0.1, 0.15) is 168 Å². The van der Waals surface area contributed by atoms with Crippen LogP contribution in [0.2, 0.25) is 11.1 Å². The third-order valence-electron chi connectivity index (χ3n) is 8.46. The fourth-order valence-corrected chi connectivity index (χ4v) is 8.10. The van der Waals surface area contributed by atoms with Crippen molar-refractivity contribution in [3.05, 3.63) is 58.7 Å². The molecule has 0 unspecified atom stereocenters. The molecule has 0 N–H and O–H groups in total. The second kappa shape index (κ2) is 20.3. The van der Waals surface area contributed by atoms with Crippen molar-refractivity contribution in [1.29, 1.82) is 0 Å². The van der Waals surface area contributed by atoms with E-state index in [1.807, 2.05) is 0 Å². The van der Waals surface area contributed by atoms with Crippen molar-refractivity contribution in [3.8, 4) is 0 Å². The molecule has 2 aliphatic rings. The van der Waals surface area contributed by atoms with Crippen molar-refractivity contribution < 1.29 is 50.7 Å². The first-order chi connectivity index (χ1) is 17.3. The van der Waals surface area contributed by atoms with Crippen LogP contribution >= 0.6 is 0 Å². The molecule has 40 heavy (non-hydrogen) atoms. The smallest absolute Gasteiger partial charge is 1.00 e. The summed E-state index contributed by atoms with van der Waals surface area (Å²) < 4.78 is 0. The van der Waals surface area contributed by atoms with E-state index >= 15 is 0 Å². The Balaban J connectivity index is 0. The largest absolute Gasteiger partial charge is 4.00 e. The molecule has 2 fully saturated rings. The maximum Gasteiger partial charge on any atom is 4.00 e. The molecule has 2 aliphatic carbocycles. The van der Waals surface area contributed by atoms with E-state index in [4.69, 9.17) is 0 Å². The molecule has 0 amide bonds. The van der Waals surface area contributed by atoms with E-state index in [0.717, 1.165) is 9.52 Å². The Morgan fingerprint density at radius 3 is 1.10 bits per heavy atom.